The van der Waals surface area contributed by atoms with E-state index in [-0.39, 0.29) is 17.2 Å². The fourth-order valence-electron chi connectivity index (χ4n) is 3.37. The predicted molar refractivity (Wildman–Crippen MR) is 98.8 cm³/mol. The van der Waals surface area contributed by atoms with Crippen molar-refractivity contribution in [3.8, 4) is 5.75 Å². The zero-order chi connectivity index (χ0) is 19.4. The lowest BCUT2D eigenvalue weighted by molar-refractivity contribution is -0.892. The van der Waals surface area contributed by atoms with Crippen LogP contribution in [0.15, 0.2) is 42.5 Å². The fourth-order valence-corrected chi connectivity index (χ4v) is 3.37. The molecule has 1 aliphatic rings. The van der Waals surface area contributed by atoms with Gasteiger partial charge in [0.2, 0.25) is 0 Å². The van der Waals surface area contributed by atoms with Gasteiger partial charge < -0.3 is 20.2 Å². The van der Waals surface area contributed by atoms with Gasteiger partial charge in [-0.3, -0.25) is 4.79 Å². The van der Waals surface area contributed by atoms with E-state index in [2.05, 4.69) is 10.2 Å². The maximum atomic E-state index is 13.8. The summed E-state index contributed by atoms with van der Waals surface area (Å²) in [6.45, 7) is 5.26. The highest BCUT2D eigenvalue weighted by molar-refractivity contribution is 5.77. The van der Waals surface area contributed by atoms with Crippen LogP contribution in [0.1, 0.15) is 18.5 Å². The van der Waals surface area contributed by atoms with Gasteiger partial charge in [-0.05, 0) is 37.3 Å². The number of nitrogens with zero attached hydrogens (tertiary/aromatic N) is 1. The molecule has 1 aliphatic heterocycles. The van der Waals surface area contributed by atoms with E-state index in [1.54, 1.807) is 19.1 Å². The second-order valence-corrected chi connectivity index (χ2v) is 6.89. The summed E-state index contributed by atoms with van der Waals surface area (Å²) >= 11 is 0. The van der Waals surface area contributed by atoms with Crippen LogP contribution in [0.2, 0.25) is 0 Å². The monoisotopic (exact) mass is 376 g/mol. The third-order valence-electron chi connectivity index (χ3n) is 4.90. The SMILES string of the molecule is C[C@@H](NC(=O)C[NH+]1CCN(c2ccc(O)cc2)CC1)c1ccc(F)cc1F. The Morgan fingerprint density at radius 1 is 1.19 bits per heavy atom. The molecule has 7 heteroatoms. The van der Waals surface area contributed by atoms with Gasteiger partial charge in [0.1, 0.15) is 17.4 Å². The average Bonchev–Trinajstić information content (AvgIpc) is 2.63. The van der Waals surface area contributed by atoms with Crippen molar-refractivity contribution in [1.82, 2.24) is 5.32 Å². The number of piperazine rings is 1. The molecular weight excluding hydrogens is 352 g/mol. The predicted octanol–water partition coefficient (Wildman–Crippen LogP) is 1.25. The quantitative estimate of drug-likeness (QED) is 0.736. The Labute approximate surface area is 157 Å². The number of quaternary nitrogens is 1. The molecule has 3 rings (SSSR count). The third kappa shape index (κ3) is 4.95. The number of carbonyl (C=O) groups excluding carboxylic acids is 1. The Hall–Kier alpha value is -2.67. The summed E-state index contributed by atoms with van der Waals surface area (Å²) in [4.78, 5) is 15.7. The molecule has 0 radical (unpaired) electrons. The average molecular weight is 376 g/mol. The Kier molecular flexibility index (Phi) is 5.91. The van der Waals surface area contributed by atoms with Gasteiger partial charge in [0.15, 0.2) is 6.54 Å². The number of halogens is 2. The summed E-state index contributed by atoms with van der Waals surface area (Å²) in [5.41, 5.74) is 1.33. The molecule has 2 aromatic rings. The van der Waals surface area contributed by atoms with Gasteiger partial charge in [-0.1, -0.05) is 6.07 Å². The Balaban J connectivity index is 1.48. The number of amides is 1. The van der Waals surface area contributed by atoms with Crippen molar-refractivity contribution in [2.24, 2.45) is 0 Å². The van der Waals surface area contributed by atoms with E-state index in [1.165, 1.54) is 12.1 Å². The highest BCUT2D eigenvalue weighted by Gasteiger charge is 2.23. The Morgan fingerprint density at radius 2 is 1.85 bits per heavy atom. The zero-order valence-electron chi connectivity index (χ0n) is 15.2. The van der Waals surface area contributed by atoms with Crippen LogP contribution in [-0.4, -0.2) is 43.7 Å². The number of phenolic OH excluding ortho intramolecular Hbond substituents is 1. The molecule has 1 heterocycles. The summed E-state index contributed by atoms with van der Waals surface area (Å²) in [5, 5.41) is 12.2. The molecule has 1 atom stereocenters. The minimum Gasteiger partial charge on any atom is -0.508 e. The van der Waals surface area contributed by atoms with E-state index in [9.17, 15) is 18.7 Å². The lowest BCUT2D eigenvalue weighted by Crippen LogP contribution is -3.15. The first-order valence-corrected chi connectivity index (χ1v) is 9.04. The molecule has 27 heavy (non-hydrogen) atoms. The fraction of sp³-hybridized carbons (Fsp3) is 0.350. The molecule has 0 bridgehead atoms. The third-order valence-corrected chi connectivity index (χ3v) is 4.90. The number of phenols is 1. The number of carbonyl (C=O) groups is 1. The van der Waals surface area contributed by atoms with Gasteiger partial charge in [0, 0.05) is 17.3 Å². The lowest BCUT2D eigenvalue weighted by atomic mass is 10.1. The topological polar surface area (TPSA) is 57.0 Å². The van der Waals surface area contributed by atoms with Crippen LogP contribution in [0, 0.1) is 11.6 Å². The van der Waals surface area contributed by atoms with Gasteiger partial charge in [-0.2, -0.15) is 0 Å². The van der Waals surface area contributed by atoms with Crippen molar-refractivity contribution in [3.63, 3.8) is 0 Å². The van der Waals surface area contributed by atoms with Crippen molar-refractivity contribution in [2.45, 2.75) is 13.0 Å². The van der Waals surface area contributed by atoms with Crippen molar-refractivity contribution in [1.29, 1.82) is 0 Å². The van der Waals surface area contributed by atoms with Crippen LogP contribution in [0.4, 0.5) is 14.5 Å². The summed E-state index contributed by atoms with van der Waals surface area (Å²) in [5.74, 6) is -1.20. The maximum absolute atomic E-state index is 13.8. The van der Waals surface area contributed by atoms with Crippen LogP contribution in [0.3, 0.4) is 0 Å². The number of nitrogens with one attached hydrogen (secondary N) is 2. The molecule has 2 aromatic carbocycles. The summed E-state index contributed by atoms with van der Waals surface area (Å²) in [6.07, 6.45) is 0. The standard InChI is InChI=1S/C20H23F2N3O2/c1-14(18-7-2-15(21)12-19(18)22)23-20(27)13-24-8-10-25(11-9-24)16-3-5-17(26)6-4-16/h2-7,12,14,26H,8-11,13H2,1H3,(H,23,27)/p+1/t14-/m1/s1. The minimum atomic E-state index is -0.655. The van der Waals surface area contributed by atoms with Crippen molar-refractivity contribution < 1.29 is 23.6 Å². The normalized spacial score (nSPS) is 16.2. The van der Waals surface area contributed by atoms with E-state index in [4.69, 9.17) is 0 Å². The van der Waals surface area contributed by atoms with E-state index >= 15 is 0 Å². The number of anilines is 1. The smallest absolute Gasteiger partial charge is 0.275 e. The van der Waals surface area contributed by atoms with Crippen LogP contribution < -0.4 is 15.1 Å². The Bertz CT molecular complexity index is 790. The van der Waals surface area contributed by atoms with E-state index in [0.29, 0.717) is 6.54 Å². The molecule has 3 N–H and O–H groups in total. The molecule has 1 fully saturated rings. The van der Waals surface area contributed by atoms with Gasteiger partial charge in [0.25, 0.3) is 5.91 Å². The molecule has 144 valence electrons. The molecular formula is C20H24F2N3O2+. The van der Waals surface area contributed by atoms with Gasteiger partial charge >= 0.3 is 0 Å². The molecule has 5 nitrogen and oxygen atoms in total. The van der Waals surface area contributed by atoms with Crippen LogP contribution in [-0.2, 0) is 4.79 Å². The van der Waals surface area contributed by atoms with Crippen LogP contribution in [0.5, 0.6) is 5.75 Å². The highest BCUT2D eigenvalue weighted by atomic mass is 19.1. The number of hydrogen-bond donors (Lipinski definition) is 3. The van der Waals surface area contributed by atoms with Crippen molar-refractivity contribution >= 4 is 11.6 Å². The summed E-state index contributed by atoms with van der Waals surface area (Å²) in [6, 6.07) is 9.95. The van der Waals surface area contributed by atoms with Gasteiger partial charge in [0.05, 0.1) is 32.2 Å². The first kappa shape index (κ1) is 19.1. The van der Waals surface area contributed by atoms with Crippen molar-refractivity contribution in [2.75, 3.05) is 37.6 Å². The molecule has 1 amide bonds. The van der Waals surface area contributed by atoms with Crippen LogP contribution in [0.25, 0.3) is 0 Å². The minimum absolute atomic E-state index is 0.153. The van der Waals surface area contributed by atoms with Gasteiger partial charge in [-0.25, -0.2) is 8.78 Å². The number of benzene rings is 2. The lowest BCUT2D eigenvalue weighted by Gasteiger charge is -2.33. The van der Waals surface area contributed by atoms with Gasteiger partial charge in [-0.15, -0.1) is 0 Å². The largest absolute Gasteiger partial charge is 0.508 e. The summed E-state index contributed by atoms with van der Waals surface area (Å²) in [7, 11) is 0. The Morgan fingerprint density at radius 3 is 2.48 bits per heavy atom. The number of hydrogen-bond acceptors (Lipinski definition) is 3. The first-order valence-electron chi connectivity index (χ1n) is 9.04. The first-order chi connectivity index (χ1) is 12.9. The molecule has 0 unspecified atom stereocenters. The molecule has 0 spiro atoms. The van der Waals surface area contributed by atoms with E-state index < -0.39 is 17.7 Å². The highest BCUT2D eigenvalue weighted by Crippen LogP contribution is 2.18. The second-order valence-electron chi connectivity index (χ2n) is 6.89. The number of rotatable bonds is 5. The second kappa shape index (κ2) is 8.35. The molecule has 0 aliphatic carbocycles. The maximum Gasteiger partial charge on any atom is 0.275 e. The molecule has 1 saturated heterocycles. The van der Waals surface area contributed by atoms with Crippen molar-refractivity contribution in [3.05, 3.63) is 59.7 Å². The van der Waals surface area contributed by atoms with E-state index in [0.717, 1.165) is 42.8 Å². The summed E-state index contributed by atoms with van der Waals surface area (Å²) < 4.78 is 26.8. The molecule has 0 saturated carbocycles. The van der Waals surface area contributed by atoms with E-state index in [1.807, 2.05) is 12.1 Å². The number of aromatic hydroxyl groups is 1. The molecule has 0 aromatic heterocycles. The van der Waals surface area contributed by atoms with Crippen LogP contribution >= 0.6 is 0 Å². The zero-order valence-corrected chi connectivity index (χ0v) is 15.2.